The van der Waals surface area contributed by atoms with E-state index in [-0.39, 0.29) is 12.0 Å². The Hall–Kier alpha value is -2.16. The predicted octanol–water partition coefficient (Wildman–Crippen LogP) is 2.21. The highest BCUT2D eigenvalue weighted by molar-refractivity contribution is 5.75. The Morgan fingerprint density at radius 1 is 1.26 bits per heavy atom. The van der Waals surface area contributed by atoms with Gasteiger partial charge in [0.2, 0.25) is 0 Å². The van der Waals surface area contributed by atoms with E-state index >= 15 is 0 Å². The van der Waals surface area contributed by atoms with Gasteiger partial charge in [0.25, 0.3) is 0 Å². The number of alkyl halides is 3. The number of halogens is 3. The number of nitrogens with one attached hydrogen (secondary N) is 1. The number of hydroxylamine groups is 1. The fourth-order valence-electron chi connectivity index (χ4n) is 2.76. The van der Waals surface area contributed by atoms with Crippen LogP contribution in [0.15, 0.2) is 24.3 Å². The molecule has 9 heteroatoms. The second kappa shape index (κ2) is 6.15. The van der Waals surface area contributed by atoms with E-state index < -0.39 is 12.1 Å². The van der Waals surface area contributed by atoms with E-state index in [9.17, 15) is 18.0 Å². The van der Waals surface area contributed by atoms with Crippen LogP contribution < -0.4 is 5.48 Å². The normalized spacial score (nSPS) is 21.7. The van der Waals surface area contributed by atoms with Crippen molar-refractivity contribution < 1.29 is 22.8 Å². The number of aromatic nitrogens is 3. The molecule has 1 aromatic carbocycles. The third-order valence-corrected chi connectivity index (χ3v) is 3.84. The summed E-state index contributed by atoms with van der Waals surface area (Å²) in [5.74, 6) is -2.00. The molecule has 0 unspecified atom stereocenters. The second-order valence-electron chi connectivity index (χ2n) is 5.62. The highest BCUT2D eigenvalue weighted by Crippen LogP contribution is 2.27. The maximum atomic E-state index is 12.1. The average molecular weight is 328 g/mol. The van der Waals surface area contributed by atoms with E-state index in [1.54, 1.807) is 4.80 Å². The molecule has 1 fully saturated rings. The zero-order chi connectivity index (χ0) is 16.4. The van der Waals surface area contributed by atoms with E-state index in [1.165, 1.54) is 0 Å². The smallest absolute Gasteiger partial charge is 0.363 e. The monoisotopic (exact) mass is 328 g/mol. The standard InChI is InChI=1S/C14H15F3N4O2/c15-14(16,17)13(22)23-20-10-6-5-9(7-10)8-21-18-11-3-1-2-4-12(11)19-21/h1-4,9-10,20H,5-8H2/t9-,10+/m0/s1. The minimum atomic E-state index is -4.98. The zero-order valence-electron chi connectivity index (χ0n) is 12.1. The molecule has 0 radical (unpaired) electrons. The van der Waals surface area contributed by atoms with Crippen molar-refractivity contribution in [3.8, 4) is 0 Å². The van der Waals surface area contributed by atoms with Crippen LogP contribution in [0.2, 0.25) is 0 Å². The summed E-state index contributed by atoms with van der Waals surface area (Å²) in [6, 6.07) is 7.22. The van der Waals surface area contributed by atoms with Gasteiger partial charge in [-0.15, -0.1) is 5.48 Å². The van der Waals surface area contributed by atoms with Crippen LogP contribution in [0.5, 0.6) is 0 Å². The molecule has 2 aromatic rings. The van der Waals surface area contributed by atoms with Gasteiger partial charge < -0.3 is 4.84 Å². The SMILES string of the molecule is O=C(ON[C@@H]1CC[C@H](Cn2nc3ccccc3n2)C1)C(F)(F)F. The minimum Gasteiger partial charge on any atom is -0.363 e. The van der Waals surface area contributed by atoms with Crippen LogP contribution in [0.4, 0.5) is 13.2 Å². The minimum absolute atomic E-state index is 0.221. The van der Waals surface area contributed by atoms with Gasteiger partial charge in [0, 0.05) is 6.04 Å². The Morgan fingerprint density at radius 2 is 1.91 bits per heavy atom. The molecule has 23 heavy (non-hydrogen) atoms. The molecule has 1 N–H and O–H groups in total. The lowest BCUT2D eigenvalue weighted by Crippen LogP contribution is -2.36. The van der Waals surface area contributed by atoms with Gasteiger partial charge in [-0.2, -0.15) is 28.2 Å². The first kappa shape index (κ1) is 15.7. The van der Waals surface area contributed by atoms with Gasteiger partial charge in [0.15, 0.2) is 0 Å². The number of hydrogen-bond donors (Lipinski definition) is 1. The summed E-state index contributed by atoms with van der Waals surface area (Å²) >= 11 is 0. The van der Waals surface area contributed by atoms with Gasteiger partial charge in [-0.3, -0.25) is 0 Å². The zero-order valence-corrected chi connectivity index (χ0v) is 12.1. The van der Waals surface area contributed by atoms with Crippen LogP contribution >= 0.6 is 0 Å². The van der Waals surface area contributed by atoms with E-state index in [4.69, 9.17) is 0 Å². The predicted molar refractivity (Wildman–Crippen MR) is 73.9 cm³/mol. The summed E-state index contributed by atoms with van der Waals surface area (Å²) in [7, 11) is 0. The number of benzene rings is 1. The van der Waals surface area contributed by atoms with E-state index in [0.29, 0.717) is 19.4 Å². The quantitative estimate of drug-likeness (QED) is 0.872. The van der Waals surface area contributed by atoms with Crippen molar-refractivity contribution in [2.45, 2.75) is 38.0 Å². The lowest BCUT2D eigenvalue weighted by Gasteiger charge is -2.13. The van der Waals surface area contributed by atoms with Gasteiger partial charge in [-0.05, 0) is 37.3 Å². The van der Waals surface area contributed by atoms with Gasteiger partial charge in [0.05, 0.1) is 6.54 Å². The molecule has 1 aliphatic carbocycles. The molecule has 1 saturated carbocycles. The topological polar surface area (TPSA) is 69.0 Å². The number of rotatable bonds is 4. The Morgan fingerprint density at radius 3 is 2.52 bits per heavy atom. The van der Waals surface area contributed by atoms with Crippen molar-refractivity contribution in [3.05, 3.63) is 24.3 Å². The third kappa shape index (κ3) is 3.79. The first-order valence-electron chi connectivity index (χ1n) is 7.25. The van der Waals surface area contributed by atoms with Gasteiger partial charge in [-0.1, -0.05) is 12.1 Å². The average Bonchev–Trinajstić information content (AvgIpc) is 3.09. The fraction of sp³-hybridized carbons (Fsp3) is 0.500. The van der Waals surface area contributed by atoms with E-state index in [2.05, 4.69) is 20.5 Å². The van der Waals surface area contributed by atoms with Crippen LogP contribution in [0.25, 0.3) is 11.0 Å². The molecule has 6 nitrogen and oxygen atoms in total. The number of hydrogen-bond acceptors (Lipinski definition) is 5. The van der Waals surface area contributed by atoms with Gasteiger partial charge in [-0.25, -0.2) is 4.79 Å². The fourth-order valence-corrected chi connectivity index (χ4v) is 2.76. The summed E-state index contributed by atoms with van der Waals surface area (Å²) in [6.45, 7) is 0.583. The molecule has 0 bridgehead atoms. The second-order valence-corrected chi connectivity index (χ2v) is 5.62. The van der Waals surface area contributed by atoms with Crippen LogP contribution in [0, 0.1) is 5.92 Å². The van der Waals surface area contributed by atoms with Gasteiger partial charge in [0.1, 0.15) is 11.0 Å². The highest BCUT2D eigenvalue weighted by atomic mass is 19.4. The maximum Gasteiger partial charge on any atom is 0.492 e. The maximum absolute atomic E-state index is 12.1. The third-order valence-electron chi connectivity index (χ3n) is 3.84. The molecule has 124 valence electrons. The Bertz CT molecular complexity index is 668. The Balaban J connectivity index is 1.51. The van der Waals surface area contributed by atoms with Crippen molar-refractivity contribution in [1.82, 2.24) is 20.5 Å². The van der Waals surface area contributed by atoms with Gasteiger partial charge >= 0.3 is 12.1 Å². The summed E-state index contributed by atoms with van der Waals surface area (Å²) in [6.07, 6.45) is -2.94. The van der Waals surface area contributed by atoms with Crippen molar-refractivity contribution in [2.75, 3.05) is 0 Å². The molecule has 1 aromatic heterocycles. The number of fused-ring (bicyclic) bond motifs is 1. The van der Waals surface area contributed by atoms with E-state index in [0.717, 1.165) is 17.5 Å². The molecule has 2 atom stereocenters. The Kier molecular flexibility index (Phi) is 4.20. The summed E-state index contributed by atoms with van der Waals surface area (Å²) in [4.78, 5) is 16.4. The molecule has 1 aliphatic rings. The lowest BCUT2D eigenvalue weighted by molar-refractivity contribution is -0.208. The molecular formula is C14H15F3N4O2. The number of carbonyl (C=O) groups excluding carboxylic acids is 1. The largest absolute Gasteiger partial charge is 0.492 e. The molecule has 3 rings (SSSR count). The first-order chi connectivity index (χ1) is 10.9. The molecule has 0 aliphatic heterocycles. The molecule has 0 saturated heterocycles. The molecule has 0 spiro atoms. The first-order valence-corrected chi connectivity index (χ1v) is 7.25. The van der Waals surface area contributed by atoms with Crippen LogP contribution in [0.1, 0.15) is 19.3 Å². The lowest BCUT2D eigenvalue weighted by atomic mass is 10.1. The summed E-state index contributed by atoms with van der Waals surface area (Å²) in [5.41, 5.74) is 3.82. The molecule has 0 amide bonds. The number of nitrogens with zero attached hydrogens (tertiary/aromatic N) is 3. The van der Waals surface area contributed by atoms with Crippen LogP contribution in [-0.2, 0) is 16.2 Å². The molecule has 1 heterocycles. The van der Waals surface area contributed by atoms with Crippen molar-refractivity contribution in [2.24, 2.45) is 5.92 Å². The molecular weight excluding hydrogens is 313 g/mol. The Labute approximate surface area is 129 Å². The highest BCUT2D eigenvalue weighted by Gasteiger charge is 2.42. The van der Waals surface area contributed by atoms with Crippen LogP contribution in [-0.4, -0.2) is 33.2 Å². The summed E-state index contributed by atoms with van der Waals surface area (Å²) in [5, 5.41) is 8.72. The van der Waals surface area contributed by atoms with Crippen molar-refractivity contribution in [3.63, 3.8) is 0 Å². The van der Waals surface area contributed by atoms with Crippen LogP contribution in [0.3, 0.4) is 0 Å². The number of carbonyl (C=O) groups is 1. The van der Waals surface area contributed by atoms with Crippen molar-refractivity contribution in [1.29, 1.82) is 0 Å². The van der Waals surface area contributed by atoms with E-state index in [1.807, 2.05) is 24.3 Å². The van der Waals surface area contributed by atoms with Crippen molar-refractivity contribution >= 4 is 17.0 Å². The summed E-state index contributed by atoms with van der Waals surface area (Å²) < 4.78 is 36.2.